The van der Waals surface area contributed by atoms with Gasteiger partial charge in [0.15, 0.2) is 0 Å². The second kappa shape index (κ2) is 6.77. The van der Waals surface area contributed by atoms with Crippen molar-refractivity contribution in [1.29, 1.82) is 0 Å². The van der Waals surface area contributed by atoms with E-state index in [-0.39, 0.29) is 0 Å². The van der Waals surface area contributed by atoms with Crippen molar-refractivity contribution in [2.24, 2.45) is 0 Å². The summed E-state index contributed by atoms with van der Waals surface area (Å²) in [5.74, 6) is 0. The van der Waals surface area contributed by atoms with Crippen LogP contribution in [0, 0.1) is 0 Å². The minimum atomic E-state index is 0.296. The molecule has 1 aromatic rings. The maximum atomic E-state index is 6.41. The van der Waals surface area contributed by atoms with E-state index in [9.17, 15) is 0 Å². The van der Waals surface area contributed by atoms with Gasteiger partial charge in [-0.25, -0.2) is 0 Å². The first-order valence-corrected chi connectivity index (χ1v) is 7.60. The van der Waals surface area contributed by atoms with E-state index in [0.717, 1.165) is 17.4 Å². The van der Waals surface area contributed by atoms with Crippen molar-refractivity contribution in [2.75, 3.05) is 0 Å². The van der Waals surface area contributed by atoms with E-state index in [1.807, 2.05) is 0 Å². The number of nitrogens with one attached hydrogen (secondary N) is 1. The van der Waals surface area contributed by atoms with Crippen molar-refractivity contribution < 1.29 is 0 Å². The maximum absolute atomic E-state index is 6.41. The second-order valence-electron chi connectivity index (χ2n) is 4.77. The molecular formula is C14H19BrClN. The van der Waals surface area contributed by atoms with Crippen LogP contribution in [0.15, 0.2) is 28.7 Å². The zero-order valence-electron chi connectivity index (χ0n) is 9.96. The topological polar surface area (TPSA) is 12.0 Å². The number of alkyl halides is 1. The Hall–Kier alpha value is -0.0500. The molecule has 1 aliphatic carbocycles. The number of hydrogen-bond acceptors (Lipinski definition) is 1. The highest BCUT2D eigenvalue weighted by atomic mass is 79.9. The van der Waals surface area contributed by atoms with Gasteiger partial charge in [-0.15, -0.1) is 11.6 Å². The SMILES string of the molecule is ClC1CCCCCC1NCc1cccc(Br)c1. The smallest absolute Gasteiger partial charge is 0.0489 e. The van der Waals surface area contributed by atoms with Crippen molar-refractivity contribution in [2.45, 2.75) is 50.1 Å². The standard InChI is InChI=1S/C14H19BrClN/c15-12-6-4-5-11(9-12)10-17-14-8-3-1-2-7-13(14)16/h4-6,9,13-14,17H,1-3,7-8,10H2. The summed E-state index contributed by atoms with van der Waals surface area (Å²) >= 11 is 9.91. The maximum Gasteiger partial charge on any atom is 0.0489 e. The van der Waals surface area contributed by atoms with Gasteiger partial charge in [0.25, 0.3) is 0 Å². The summed E-state index contributed by atoms with van der Waals surface area (Å²) in [7, 11) is 0. The Bertz CT molecular complexity index is 356. The van der Waals surface area contributed by atoms with Crippen LogP contribution in [0.4, 0.5) is 0 Å². The van der Waals surface area contributed by atoms with Gasteiger partial charge in [-0.05, 0) is 30.5 Å². The van der Waals surface area contributed by atoms with Gasteiger partial charge in [0.1, 0.15) is 0 Å². The fourth-order valence-electron chi connectivity index (χ4n) is 2.39. The molecule has 2 atom stereocenters. The summed E-state index contributed by atoms with van der Waals surface area (Å²) in [5, 5.41) is 3.90. The summed E-state index contributed by atoms with van der Waals surface area (Å²) in [6.07, 6.45) is 6.28. The quantitative estimate of drug-likeness (QED) is 0.640. The Kier molecular flexibility index (Phi) is 5.33. The van der Waals surface area contributed by atoms with Crippen molar-refractivity contribution >= 4 is 27.5 Å². The predicted molar refractivity (Wildman–Crippen MR) is 77.5 cm³/mol. The first-order chi connectivity index (χ1) is 8.25. The third-order valence-corrected chi connectivity index (χ3v) is 4.40. The first-order valence-electron chi connectivity index (χ1n) is 6.37. The number of rotatable bonds is 3. The van der Waals surface area contributed by atoms with Crippen LogP contribution in [-0.2, 0) is 6.54 Å². The van der Waals surface area contributed by atoms with E-state index >= 15 is 0 Å². The van der Waals surface area contributed by atoms with Crippen LogP contribution < -0.4 is 5.32 Å². The molecule has 1 aromatic carbocycles. The molecule has 0 aromatic heterocycles. The van der Waals surface area contributed by atoms with Gasteiger partial charge in [-0.2, -0.15) is 0 Å². The molecule has 0 heterocycles. The number of benzene rings is 1. The fraction of sp³-hybridized carbons (Fsp3) is 0.571. The summed E-state index contributed by atoms with van der Waals surface area (Å²) in [6.45, 7) is 0.910. The van der Waals surface area contributed by atoms with Crippen molar-refractivity contribution in [3.05, 3.63) is 34.3 Å². The summed E-state index contributed by atoms with van der Waals surface area (Å²) in [4.78, 5) is 0. The lowest BCUT2D eigenvalue weighted by Crippen LogP contribution is -2.35. The first kappa shape index (κ1) is 13.4. The van der Waals surface area contributed by atoms with Crippen LogP contribution in [0.25, 0.3) is 0 Å². The lowest BCUT2D eigenvalue weighted by Gasteiger charge is -2.21. The van der Waals surface area contributed by atoms with Crippen LogP contribution in [0.1, 0.15) is 37.7 Å². The van der Waals surface area contributed by atoms with Gasteiger partial charge >= 0.3 is 0 Å². The Balaban J connectivity index is 1.88. The third kappa shape index (κ3) is 4.27. The molecule has 1 aliphatic rings. The molecule has 1 fully saturated rings. The van der Waals surface area contributed by atoms with E-state index in [0.29, 0.717) is 11.4 Å². The van der Waals surface area contributed by atoms with Gasteiger partial charge in [-0.1, -0.05) is 47.3 Å². The van der Waals surface area contributed by atoms with E-state index in [2.05, 4.69) is 45.5 Å². The predicted octanol–water partition coefficient (Wildman–Crippen LogP) is 4.48. The van der Waals surface area contributed by atoms with Gasteiger partial charge < -0.3 is 5.32 Å². The second-order valence-corrected chi connectivity index (χ2v) is 6.25. The van der Waals surface area contributed by atoms with Crippen LogP contribution in [-0.4, -0.2) is 11.4 Å². The molecule has 17 heavy (non-hydrogen) atoms. The monoisotopic (exact) mass is 315 g/mol. The van der Waals surface area contributed by atoms with Crippen LogP contribution >= 0.6 is 27.5 Å². The summed E-state index contributed by atoms with van der Waals surface area (Å²) < 4.78 is 1.14. The Labute approximate surface area is 117 Å². The van der Waals surface area contributed by atoms with Crippen molar-refractivity contribution in [3.8, 4) is 0 Å². The molecular weight excluding hydrogens is 298 g/mol. The molecule has 2 unspecified atom stereocenters. The third-order valence-electron chi connectivity index (χ3n) is 3.39. The zero-order valence-corrected chi connectivity index (χ0v) is 12.3. The van der Waals surface area contributed by atoms with E-state index in [4.69, 9.17) is 11.6 Å². The summed E-state index contributed by atoms with van der Waals surface area (Å²) in [6, 6.07) is 8.91. The highest BCUT2D eigenvalue weighted by Gasteiger charge is 2.20. The Morgan fingerprint density at radius 3 is 2.88 bits per heavy atom. The van der Waals surface area contributed by atoms with E-state index in [1.54, 1.807) is 0 Å². The number of halogens is 2. The van der Waals surface area contributed by atoms with Crippen LogP contribution in [0.5, 0.6) is 0 Å². The highest BCUT2D eigenvalue weighted by Crippen LogP contribution is 2.22. The van der Waals surface area contributed by atoms with Gasteiger partial charge in [0.05, 0.1) is 0 Å². The zero-order chi connectivity index (χ0) is 12.1. The van der Waals surface area contributed by atoms with Crippen LogP contribution in [0.2, 0.25) is 0 Å². The van der Waals surface area contributed by atoms with E-state index in [1.165, 1.54) is 31.2 Å². The average molecular weight is 317 g/mol. The fourth-order valence-corrected chi connectivity index (χ4v) is 3.20. The van der Waals surface area contributed by atoms with Crippen LogP contribution in [0.3, 0.4) is 0 Å². The molecule has 2 rings (SSSR count). The van der Waals surface area contributed by atoms with Gasteiger partial charge in [-0.3, -0.25) is 0 Å². The van der Waals surface area contributed by atoms with Gasteiger partial charge in [0.2, 0.25) is 0 Å². The summed E-state index contributed by atoms with van der Waals surface area (Å²) in [5.41, 5.74) is 1.31. The lowest BCUT2D eigenvalue weighted by molar-refractivity contribution is 0.464. The Morgan fingerprint density at radius 1 is 1.24 bits per heavy atom. The number of hydrogen-bond donors (Lipinski definition) is 1. The largest absolute Gasteiger partial charge is 0.308 e. The molecule has 1 nitrogen and oxygen atoms in total. The molecule has 0 saturated heterocycles. The van der Waals surface area contributed by atoms with Crippen molar-refractivity contribution in [1.82, 2.24) is 5.32 Å². The minimum Gasteiger partial charge on any atom is -0.308 e. The lowest BCUT2D eigenvalue weighted by atomic mass is 10.1. The molecule has 1 N–H and O–H groups in total. The normalized spacial score (nSPS) is 25.5. The molecule has 0 bridgehead atoms. The molecule has 94 valence electrons. The molecule has 0 spiro atoms. The minimum absolute atomic E-state index is 0.296. The van der Waals surface area contributed by atoms with Crippen molar-refractivity contribution in [3.63, 3.8) is 0 Å². The van der Waals surface area contributed by atoms with E-state index < -0.39 is 0 Å². The Morgan fingerprint density at radius 2 is 2.06 bits per heavy atom. The highest BCUT2D eigenvalue weighted by molar-refractivity contribution is 9.10. The molecule has 0 aliphatic heterocycles. The molecule has 3 heteroatoms. The molecule has 0 amide bonds. The molecule has 1 saturated carbocycles. The molecule has 0 radical (unpaired) electrons. The average Bonchev–Trinajstić information content (AvgIpc) is 2.52. The van der Waals surface area contributed by atoms with Gasteiger partial charge in [0, 0.05) is 22.4 Å².